The van der Waals surface area contributed by atoms with Crippen LogP contribution in [0.4, 0.5) is 0 Å². The molecule has 5 nitrogen and oxygen atoms in total. The standard InChI is InChI=1S/C24H32NO4P/c1-9-23(5,6)17-15-24(16-13-11-10-12-14-16)18(20(26)28-7)19(21(27)29-8)30(17)25(24)22(2,3)4/h10-15H,9H2,1-8H3/t24-,30?/m1/s1. The average Bonchev–Trinajstić information content (AvgIpc) is 3.24. The Morgan fingerprint density at radius 1 is 1.00 bits per heavy atom. The second-order valence-electron chi connectivity index (χ2n) is 9.40. The Morgan fingerprint density at radius 2 is 1.57 bits per heavy atom. The lowest BCUT2D eigenvalue weighted by Crippen LogP contribution is -2.48. The number of carbonyl (C=O) groups is 2. The fourth-order valence-electron chi connectivity index (χ4n) is 4.44. The van der Waals surface area contributed by atoms with Crippen molar-refractivity contribution in [2.75, 3.05) is 14.2 Å². The van der Waals surface area contributed by atoms with Crippen LogP contribution >= 0.6 is 8.07 Å². The number of rotatable bonds is 5. The molecule has 3 rings (SSSR count). The summed E-state index contributed by atoms with van der Waals surface area (Å²) < 4.78 is 12.8. The molecule has 0 spiro atoms. The lowest BCUT2D eigenvalue weighted by Gasteiger charge is -2.45. The van der Waals surface area contributed by atoms with Gasteiger partial charge in [-0.05, 0) is 49.6 Å². The number of ether oxygens (including phenoxy) is 2. The number of nitrogens with zero attached hydrogens (tertiary/aromatic N) is 1. The molecule has 30 heavy (non-hydrogen) atoms. The van der Waals surface area contributed by atoms with E-state index in [1.807, 2.05) is 30.3 Å². The zero-order chi connectivity index (χ0) is 22.5. The highest BCUT2D eigenvalue weighted by Crippen LogP contribution is 2.79. The molecule has 2 aliphatic rings. The maximum atomic E-state index is 13.2. The second kappa shape index (κ2) is 7.62. The molecular weight excluding hydrogens is 397 g/mol. The van der Waals surface area contributed by atoms with Gasteiger partial charge in [0.2, 0.25) is 0 Å². The van der Waals surface area contributed by atoms with Crippen molar-refractivity contribution in [3.8, 4) is 0 Å². The lowest BCUT2D eigenvalue weighted by molar-refractivity contribution is -0.139. The van der Waals surface area contributed by atoms with E-state index in [2.05, 4.69) is 52.3 Å². The van der Waals surface area contributed by atoms with Gasteiger partial charge in [-0.15, -0.1) is 0 Å². The minimum atomic E-state index is -1.24. The lowest BCUT2D eigenvalue weighted by atomic mass is 9.77. The molecular formula is C24H32NO4P. The zero-order valence-corrected chi connectivity index (χ0v) is 20.1. The summed E-state index contributed by atoms with van der Waals surface area (Å²) in [4.78, 5) is 26.3. The van der Waals surface area contributed by atoms with Crippen LogP contribution in [-0.4, -0.2) is 36.4 Å². The molecule has 0 aromatic heterocycles. The Labute approximate surface area is 180 Å². The van der Waals surface area contributed by atoms with Gasteiger partial charge in [0, 0.05) is 13.6 Å². The van der Waals surface area contributed by atoms with Gasteiger partial charge in [0.1, 0.15) is 5.54 Å². The van der Waals surface area contributed by atoms with E-state index < -0.39 is 25.5 Å². The van der Waals surface area contributed by atoms with Gasteiger partial charge in [0.15, 0.2) is 0 Å². The SMILES string of the molecule is CCC(C)(C)C1=C[C@@]2(c3ccccc3)C(C(=O)OC)=C(C(=O)OC)P1N2C(C)(C)C. The van der Waals surface area contributed by atoms with Crippen molar-refractivity contribution < 1.29 is 19.1 Å². The smallest absolute Gasteiger partial charge is 0.340 e. The molecule has 1 aromatic rings. The topological polar surface area (TPSA) is 55.8 Å². The van der Waals surface area contributed by atoms with E-state index >= 15 is 0 Å². The number of allylic oxidation sites excluding steroid dienone is 1. The summed E-state index contributed by atoms with van der Waals surface area (Å²) in [7, 11) is 1.50. The van der Waals surface area contributed by atoms with Crippen molar-refractivity contribution in [1.29, 1.82) is 0 Å². The molecule has 0 saturated carbocycles. The number of fused-ring (bicyclic) bond motifs is 2. The van der Waals surface area contributed by atoms with Crippen LogP contribution in [0.3, 0.4) is 0 Å². The Kier molecular flexibility index (Phi) is 5.77. The Balaban J connectivity index is 2.48. The fourth-order valence-corrected chi connectivity index (χ4v) is 8.07. The fraction of sp³-hybridized carbons (Fsp3) is 0.500. The van der Waals surface area contributed by atoms with E-state index in [4.69, 9.17) is 9.47 Å². The Hall–Kier alpha value is -1.97. The first-order chi connectivity index (χ1) is 14.0. The monoisotopic (exact) mass is 429 g/mol. The van der Waals surface area contributed by atoms with Crippen LogP contribution in [0.5, 0.6) is 0 Å². The summed E-state index contributed by atoms with van der Waals surface area (Å²) in [5.74, 6) is -0.936. The molecule has 0 fully saturated rings. The minimum Gasteiger partial charge on any atom is -0.466 e. The summed E-state index contributed by atoms with van der Waals surface area (Å²) in [6, 6.07) is 9.93. The van der Waals surface area contributed by atoms with E-state index in [0.717, 1.165) is 12.0 Å². The van der Waals surface area contributed by atoms with E-state index in [1.165, 1.54) is 19.5 Å². The number of hydrogen-bond acceptors (Lipinski definition) is 5. The Bertz CT molecular complexity index is 926. The number of hydrogen-bond donors (Lipinski definition) is 0. The quantitative estimate of drug-likeness (QED) is 0.468. The normalized spacial score (nSPS) is 24.1. The van der Waals surface area contributed by atoms with Crippen molar-refractivity contribution >= 4 is 20.0 Å². The van der Waals surface area contributed by atoms with Crippen LogP contribution < -0.4 is 0 Å². The third kappa shape index (κ3) is 3.14. The third-order valence-electron chi connectivity index (χ3n) is 6.13. The van der Waals surface area contributed by atoms with Crippen LogP contribution in [0.15, 0.2) is 52.6 Å². The maximum Gasteiger partial charge on any atom is 0.340 e. The molecule has 1 aromatic carbocycles. The van der Waals surface area contributed by atoms with Crippen LogP contribution in [0.2, 0.25) is 0 Å². The van der Waals surface area contributed by atoms with E-state index in [9.17, 15) is 9.59 Å². The van der Waals surface area contributed by atoms with E-state index in [0.29, 0.717) is 10.9 Å². The zero-order valence-electron chi connectivity index (χ0n) is 19.2. The molecule has 2 aliphatic heterocycles. The summed E-state index contributed by atoms with van der Waals surface area (Å²) in [5, 5.41) is 1.66. The van der Waals surface area contributed by atoms with Gasteiger partial charge in [0.25, 0.3) is 0 Å². The first-order valence-electron chi connectivity index (χ1n) is 10.3. The molecule has 1 unspecified atom stereocenters. The minimum absolute atomic E-state index is 0.132. The molecule has 0 aliphatic carbocycles. The van der Waals surface area contributed by atoms with Gasteiger partial charge in [-0.25, -0.2) is 9.59 Å². The highest BCUT2D eigenvalue weighted by molar-refractivity contribution is 7.66. The van der Waals surface area contributed by atoms with Gasteiger partial charge >= 0.3 is 11.9 Å². The molecule has 0 N–H and O–H groups in total. The second-order valence-corrected chi connectivity index (χ2v) is 11.4. The molecule has 0 saturated heterocycles. The van der Waals surface area contributed by atoms with Gasteiger partial charge in [-0.3, -0.25) is 4.67 Å². The first-order valence-corrected chi connectivity index (χ1v) is 11.6. The highest BCUT2D eigenvalue weighted by atomic mass is 31.1. The highest BCUT2D eigenvalue weighted by Gasteiger charge is 2.65. The van der Waals surface area contributed by atoms with Gasteiger partial charge in [0.05, 0.1) is 25.1 Å². The van der Waals surface area contributed by atoms with E-state index in [1.54, 1.807) is 0 Å². The number of carbonyl (C=O) groups excluding carboxylic acids is 2. The van der Waals surface area contributed by atoms with Crippen LogP contribution in [0.1, 0.15) is 53.5 Å². The number of benzene rings is 1. The van der Waals surface area contributed by atoms with Crippen molar-refractivity contribution in [2.45, 2.75) is 59.0 Å². The van der Waals surface area contributed by atoms with Crippen LogP contribution in [0.25, 0.3) is 0 Å². The number of methoxy groups -OCH3 is 2. The van der Waals surface area contributed by atoms with E-state index in [-0.39, 0.29) is 11.0 Å². The van der Waals surface area contributed by atoms with Gasteiger partial charge in [-0.1, -0.05) is 51.1 Å². The number of esters is 2. The third-order valence-corrected chi connectivity index (χ3v) is 9.47. The molecule has 2 atom stereocenters. The maximum absolute atomic E-state index is 13.2. The first kappa shape index (κ1) is 22.7. The summed E-state index contributed by atoms with van der Waals surface area (Å²) in [5.41, 5.74) is 0.0166. The van der Waals surface area contributed by atoms with Crippen LogP contribution in [0, 0.1) is 5.41 Å². The van der Waals surface area contributed by atoms with Crippen molar-refractivity contribution in [2.24, 2.45) is 5.41 Å². The summed E-state index contributed by atoms with van der Waals surface area (Å²) >= 11 is 0. The average molecular weight is 429 g/mol. The predicted molar refractivity (Wildman–Crippen MR) is 120 cm³/mol. The van der Waals surface area contributed by atoms with Crippen molar-refractivity contribution in [3.63, 3.8) is 0 Å². The van der Waals surface area contributed by atoms with Crippen LogP contribution in [-0.2, 0) is 24.6 Å². The van der Waals surface area contributed by atoms with Gasteiger partial charge in [-0.2, -0.15) is 0 Å². The van der Waals surface area contributed by atoms with Gasteiger partial charge < -0.3 is 9.47 Å². The summed E-state index contributed by atoms with van der Waals surface area (Å²) in [6.07, 6.45) is 3.14. The largest absolute Gasteiger partial charge is 0.466 e. The molecule has 0 amide bonds. The van der Waals surface area contributed by atoms with Crippen molar-refractivity contribution in [1.82, 2.24) is 4.67 Å². The predicted octanol–water partition coefficient (Wildman–Crippen LogP) is 5.33. The molecule has 162 valence electrons. The molecule has 2 bridgehead atoms. The van der Waals surface area contributed by atoms with Crippen molar-refractivity contribution in [3.05, 3.63) is 58.2 Å². The molecule has 6 heteroatoms. The Morgan fingerprint density at radius 3 is 2.03 bits per heavy atom. The summed E-state index contributed by atoms with van der Waals surface area (Å²) in [6.45, 7) is 12.9. The molecule has 0 radical (unpaired) electrons. The molecule has 2 heterocycles.